The van der Waals surface area contributed by atoms with Crippen LogP contribution in [0.4, 0.5) is 26.3 Å². The minimum Gasteiger partial charge on any atom is -0.170 e. The van der Waals surface area contributed by atoms with Crippen LogP contribution in [0.3, 0.4) is 0 Å². The van der Waals surface area contributed by atoms with Crippen molar-refractivity contribution in [1.82, 2.24) is 0 Å². The van der Waals surface area contributed by atoms with Crippen molar-refractivity contribution in [3.8, 4) is 0 Å². The lowest BCUT2D eigenvalue weighted by molar-refractivity contribution is -0.354. The average Bonchev–Trinajstić information content (AvgIpc) is 2.14. The van der Waals surface area contributed by atoms with Crippen molar-refractivity contribution in [2.75, 3.05) is 0 Å². The summed E-state index contributed by atoms with van der Waals surface area (Å²) in [6.07, 6.45) is -8.81. The molecule has 1 aliphatic carbocycles. The first-order chi connectivity index (χ1) is 7.11. The molecular weight excluding hydrogens is 234 g/mol. The summed E-state index contributed by atoms with van der Waals surface area (Å²) >= 11 is 0. The molecule has 0 spiro atoms. The zero-order valence-electron chi connectivity index (χ0n) is 8.88. The van der Waals surface area contributed by atoms with Crippen molar-refractivity contribution in [1.29, 1.82) is 0 Å². The minimum absolute atomic E-state index is 0.00944. The smallest absolute Gasteiger partial charge is 0.170 e. The molecule has 0 amide bonds. The van der Waals surface area contributed by atoms with Crippen LogP contribution in [-0.4, -0.2) is 12.4 Å². The Morgan fingerprint density at radius 1 is 0.750 bits per heavy atom. The largest absolute Gasteiger partial charge is 0.403 e. The molecule has 1 aliphatic rings. The molecule has 0 radical (unpaired) electrons. The summed E-state index contributed by atoms with van der Waals surface area (Å²) < 4.78 is 76.0. The maximum Gasteiger partial charge on any atom is 0.403 e. The number of alkyl halides is 6. The van der Waals surface area contributed by atoms with Gasteiger partial charge in [-0.2, -0.15) is 26.3 Å². The van der Waals surface area contributed by atoms with Crippen molar-refractivity contribution >= 4 is 0 Å². The lowest BCUT2D eigenvalue weighted by Crippen LogP contribution is -2.53. The van der Waals surface area contributed by atoms with Crippen molar-refractivity contribution in [2.24, 2.45) is 11.3 Å². The van der Waals surface area contributed by atoms with Gasteiger partial charge in [0.2, 0.25) is 0 Å². The van der Waals surface area contributed by atoms with E-state index in [0.29, 0.717) is 19.8 Å². The molecule has 0 saturated heterocycles. The predicted octanol–water partition coefficient (Wildman–Crippen LogP) is 4.70. The monoisotopic (exact) mass is 248 g/mol. The van der Waals surface area contributed by atoms with Crippen LogP contribution in [0.5, 0.6) is 0 Å². The van der Waals surface area contributed by atoms with Crippen LogP contribution < -0.4 is 0 Å². The van der Waals surface area contributed by atoms with Gasteiger partial charge in [-0.3, -0.25) is 0 Å². The fourth-order valence-electron chi connectivity index (χ4n) is 2.30. The van der Waals surface area contributed by atoms with E-state index in [4.69, 9.17) is 0 Å². The van der Waals surface area contributed by atoms with Crippen LogP contribution in [0.15, 0.2) is 0 Å². The summed E-state index contributed by atoms with van der Waals surface area (Å²) in [4.78, 5) is 0. The SMILES string of the molecule is CC(C1CCCCC1)(C(F)(F)F)C(F)(F)F. The number of hydrogen-bond donors (Lipinski definition) is 0. The van der Waals surface area contributed by atoms with Crippen LogP contribution in [0, 0.1) is 11.3 Å². The zero-order valence-corrected chi connectivity index (χ0v) is 8.88. The molecule has 0 bridgehead atoms. The quantitative estimate of drug-likeness (QED) is 0.590. The molecular formula is C10H14F6. The third-order valence-corrected chi connectivity index (χ3v) is 3.60. The van der Waals surface area contributed by atoms with E-state index in [0.717, 1.165) is 6.42 Å². The Morgan fingerprint density at radius 3 is 1.44 bits per heavy atom. The van der Waals surface area contributed by atoms with E-state index >= 15 is 0 Å². The second-order valence-electron chi connectivity index (χ2n) is 4.53. The van der Waals surface area contributed by atoms with Crippen LogP contribution in [0.2, 0.25) is 0 Å². The van der Waals surface area contributed by atoms with Crippen LogP contribution in [0.25, 0.3) is 0 Å². The molecule has 0 atom stereocenters. The first-order valence-electron chi connectivity index (χ1n) is 5.24. The van der Waals surface area contributed by atoms with Crippen molar-refractivity contribution in [3.63, 3.8) is 0 Å². The highest BCUT2D eigenvalue weighted by molar-refractivity contribution is 4.95. The topological polar surface area (TPSA) is 0 Å². The van der Waals surface area contributed by atoms with Crippen molar-refractivity contribution in [2.45, 2.75) is 51.4 Å². The highest BCUT2D eigenvalue weighted by Crippen LogP contribution is 2.57. The van der Waals surface area contributed by atoms with E-state index in [1.807, 2.05) is 0 Å². The molecule has 1 fully saturated rings. The van der Waals surface area contributed by atoms with E-state index in [9.17, 15) is 26.3 Å². The first kappa shape index (κ1) is 13.6. The van der Waals surface area contributed by atoms with E-state index in [1.54, 1.807) is 0 Å². The molecule has 0 heterocycles. The summed E-state index contributed by atoms with van der Waals surface area (Å²) in [5, 5.41) is 0. The molecule has 16 heavy (non-hydrogen) atoms. The molecule has 96 valence electrons. The van der Waals surface area contributed by atoms with Crippen LogP contribution in [-0.2, 0) is 0 Å². The summed E-state index contributed by atoms with van der Waals surface area (Å²) in [5.41, 5.74) is -3.56. The summed E-state index contributed by atoms with van der Waals surface area (Å²) in [5.74, 6) is -1.33. The highest BCUT2D eigenvalue weighted by Gasteiger charge is 2.70. The Labute approximate surface area is 90.0 Å². The number of hydrogen-bond acceptors (Lipinski definition) is 0. The van der Waals surface area contributed by atoms with Gasteiger partial charge < -0.3 is 0 Å². The molecule has 0 aromatic rings. The molecule has 0 unspecified atom stereocenters. The summed E-state index contributed by atoms with van der Waals surface area (Å²) in [6, 6.07) is 0. The van der Waals surface area contributed by atoms with Gasteiger partial charge in [0.15, 0.2) is 5.41 Å². The minimum atomic E-state index is -5.23. The maximum atomic E-state index is 12.7. The van der Waals surface area contributed by atoms with Gasteiger partial charge in [0.1, 0.15) is 0 Å². The third kappa shape index (κ3) is 2.15. The first-order valence-corrected chi connectivity index (χ1v) is 5.24. The van der Waals surface area contributed by atoms with Crippen LogP contribution in [0.1, 0.15) is 39.0 Å². The molecule has 1 rings (SSSR count). The van der Waals surface area contributed by atoms with E-state index < -0.39 is 23.7 Å². The van der Waals surface area contributed by atoms with Gasteiger partial charge >= 0.3 is 12.4 Å². The number of halogens is 6. The Balaban J connectivity index is 3.04. The average molecular weight is 248 g/mol. The molecule has 0 aliphatic heterocycles. The van der Waals surface area contributed by atoms with E-state index in [1.165, 1.54) is 0 Å². The molecule has 0 nitrogen and oxygen atoms in total. The van der Waals surface area contributed by atoms with Gasteiger partial charge in [-0.25, -0.2) is 0 Å². The van der Waals surface area contributed by atoms with Crippen molar-refractivity contribution in [3.05, 3.63) is 0 Å². The van der Waals surface area contributed by atoms with Gasteiger partial charge in [0.05, 0.1) is 0 Å². The third-order valence-electron chi connectivity index (χ3n) is 3.60. The predicted molar refractivity (Wildman–Crippen MR) is 46.8 cm³/mol. The molecule has 0 N–H and O–H groups in total. The molecule has 6 heteroatoms. The maximum absolute atomic E-state index is 12.7. The van der Waals surface area contributed by atoms with E-state index in [-0.39, 0.29) is 12.8 Å². The van der Waals surface area contributed by atoms with Gasteiger partial charge in [-0.1, -0.05) is 19.3 Å². The zero-order chi connectivity index (χ0) is 12.6. The van der Waals surface area contributed by atoms with E-state index in [2.05, 4.69) is 0 Å². The normalized spacial score (nSPS) is 21.2. The highest BCUT2D eigenvalue weighted by atomic mass is 19.4. The summed E-state index contributed by atoms with van der Waals surface area (Å²) in [6.45, 7) is 0.295. The molecule has 1 saturated carbocycles. The van der Waals surface area contributed by atoms with Crippen molar-refractivity contribution < 1.29 is 26.3 Å². The number of rotatable bonds is 1. The fraction of sp³-hybridized carbons (Fsp3) is 1.00. The Morgan fingerprint density at radius 2 is 1.12 bits per heavy atom. The van der Waals surface area contributed by atoms with Gasteiger partial charge in [0.25, 0.3) is 0 Å². The van der Waals surface area contributed by atoms with Gasteiger partial charge in [0, 0.05) is 0 Å². The lowest BCUT2D eigenvalue weighted by atomic mass is 9.69. The second kappa shape index (κ2) is 4.11. The van der Waals surface area contributed by atoms with Gasteiger partial charge in [-0.05, 0) is 25.7 Å². The fourth-order valence-corrected chi connectivity index (χ4v) is 2.30. The Hall–Kier alpha value is -0.420. The second-order valence-corrected chi connectivity index (χ2v) is 4.53. The van der Waals surface area contributed by atoms with Gasteiger partial charge in [-0.15, -0.1) is 0 Å². The summed E-state index contributed by atoms with van der Waals surface area (Å²) in [7, 11) is 0. The molecule has 0 aromatic heterocycles. The lowest BCUT2D eigenvalue weighted by Gasteiger charge is -2.42. The Bertz CT molecular complexity index is 219. The molecule has 0 aromatic carbocycles. The standard InChI is InChI=1S/C10H14F6/c1-8(9(11,12)13,10(14,15)16)7-5-3-2-4-6-7/h7H,2-6H2,1H3. The Kier molecular flexibility index (Phi) is 3.50. The van der Waals surface area contributed by atoms with Crippen LogP contribution >= 0.6 is 0 Å².